The maximum absolute atomic E-state index is 12.6. The number of para-hydroxylation sites is 1. The van der Waals surface area contributed by atoms with Crippen LogP contribution in [0.2, 0.25) is 0 Å². The third kappa shape index (κ3) is 5.85. The lowest BCUT2D eigenvalue weighted by atomic mass is 10.1. The van der Waals surface area contributed by atoms with Gasteiger partial charge in [0.25, 0.3) is 5.91 Å². The summed E-state index contributed by atoms with van der Waals surface area (Å²) in [6.45, 7) is 3.56. The lowest BCUT2D eigenvalue weighted by molar-refractivity contribution is -0.130. The summed E-state index contributed by atoms with van der Waals surface area (Å²) in [7, 11) is 0. The number of hydrogen-bond acceptors (Lipinski definition) is 5. The zero-order valence-electron chi connectivity index (χ0n) is 15.2. The number of rotatable bonds is 7. The van der Waals surface area contributed by atoms with Crippen LogP contribution in [0, 0.1) is 5.92 Å². The number of carbonyl (C=O) groups excluding carboxylic acids is 3. The molecule has 142 valence electrons. The van der Waals surface area contributed by atoms with Crippen molar-refractivity contribution in [3.05, 3.63) is 65.7 Å². The van der Waals surface area contributed by atoms with Crippen molar-refractivity contribution in [1.82, 2.24) is 5.32 Å². The second-order valence-electron chi connectivity index (χ2n) is 6.18. The largest absolute Gasteiger partial charge is 0.489 e. The van der Waals surface area contributed by atoms with Crippen LogP contribution in [0.1, 0.15) is 29.8 Å². The zero-order valence-corrected chi connectivity index (χ0v) is 15.2. The Bertz CT molecular complexity index is 805. The molecule has 3 N–H and O–H groups in total. The van der Waals surface area contributed by atoms with Gasteiger partial charge in [-0.25, -0.2) is 9.59 Å². The Morgan fingerprint density at radius 2 is 1.63 bits per heavy atom. The Balaban J connectivity index is 2.13. The molecule has 0 spiro atoms. The smallest absolute Gasteiger partial charge is 0.339 e. The maximum atomic E-state index is 12.6. The molecule has 2 rings (SSSR count). The van der Waals surface area contributed by atoms with E-state index in [1.807, 2.05) is 35.6 Å². The molecule has 0 fully saturated rings. The normalized spacial score (nSPS) is 11.5. The molecule has 0 aliphatic rings. The molecule has 0 saturated carbocycles. The van der Waals surface area contributed by atoms with Gasteiger partial charge in [-0.3, -0.25) is 10.1 Å². The number of primary amides is 1. The van der Waals surface area contributed by atoms with E-state index in [1.165, 1.54) is 0 Å². The van der Waals surface area contributed by atoms with E-state index in [0.29, 0.717) is 11.3 Å². The van der Waals surface area contributed by atoms with Gasteiger partial charge in [-0.05, 0) is 24.1 Å². The van der Waals surface area contributed by atoms with Gasteiger partial charge in [0.2, 0.25) is 0 Å². The summed E-state index contributed by atoms with van der Waals surface area (Å²) in [6.07, 6.45) is -1.15. The van der Waals surface area contributed by atoms with Crippen LogP contribution in [-0.4, -0.2) is 24.0 Å². The van der Waals surface area contributed by atoms with Crippen LogP contribution in [0.25, 0.3) is 0 Å². The standard InChI is InChI=1S/C20H22N2O5/c1-13(2)17(18(23)22-20(21)25)27-19(24)16-11-7-6-8-14(16)12-26-15-9-4-3-5-10-15/h3-11,13,17H,12H2,1-2H3,(H3,21,22,23,25)/t17-/m1/s1. The fraction of sp³-hybridized carbons (Fsp3) is 0.250. The Labute approximate surface area is 157 Å². The predicted octanol–water partition coefficient (Wildman–Crippen LogP) is 2.64. The van der Waals surface area contributed by atoms with Crippen LogP contribution in [0.5, 0.6) is 5.75 Å². The summed E-state index contributed by atoms with van der Waals surface area (Å²) in [5.74, 6) is -1.12. The first-order valence-corrected chi connectivity index (χ1v) is 8.45. The molecule has 1 atom stereocenters. The van der Waals surface area contributed by atoms with Crippen molar-refractivity contribution in [3.8, 4) is 5.75 Å². The minimum atomic E-state index is -1.15. The molecule has 0 aliphatic carbocycles. The number of hydrogen-bond donors (Lipinski definition) is 2. The molecule has 3 amide bonds. The third-order valence-electron chi connectivity index (χ3n) is 3.72. The molecule has 0 radical (unpaired) electrons. The van der Waals surface area contributed by atoms with E-state index >= 15 is 0 Å². The molecule has 2 aromatic rings. The minimum absolute atomic E-state index is 0.162. The summed E-state index contributed by atoms with van der Waals surface area (Å²) in [4.78, 5) is 35.6. The second-order valence-corrected chi connectivity index (χ2v) is 6.18. The maximum Gasteiger partial charge on any atom is 0.339 e. The average Bonchev–Trinajstić information content (AvgIpc) is 2.64. The summed E-state index contributed by atoms with van der Waals surface area (Å²) in [6, 6.07) is 15.0. The number of carbonyl (C=O) groups is 3. The molecule has 2 aromatic carbocycles. The fourth-order valence-corrected chi connectivity index (χ4v) is 2.39. The van der Waals surface area contributed by atoms with Gasteiger partial charge in [-0.1, -0.05) is 50.2 Å². The highest BCUT2D eigenvalue weighted by Crippen LogP contribution is 2.17. The van der Waals surface area contributed by atoms with Gasteiger partial charge < -0.3 is 15.2 Å². The Kier molecular flexibility index (Phi) is 6.93. The fourth-order valence-electron chi connectivity index (χ4n) is 2.39. The highest BCUT2D eigenvalue weighted by molar-refractivity contribution is 5.98. The van der Waals surface area contributed by atoms with Crippen LogP contribution in [0.15, 0.2) is 54.6 Å². The molecule has 0 heterocycles. The summed E-state index contributed by atoms with van der Waals surface area (Å²) in [5, 5.41) is 1.94. The first-order chi connectivity index (χ1) is 12.9. The lowest BCUT2D eigenvalue weighted by Crippen LogP contribution is -2.45. The molecular weight excluding hydrogens is 348 g/mol. The van der Waals surface area contributed by atoms with E-state index < -0.39 is 24.0 Å². The number of imide groups is 1. The highest BCUT2D eigenvalue weighted by Gasteiger charge is 2.28. The SMILES string of the molecule is CC(C)[C@@H](OC(=O)c1ccccc1COc1ccccc1)C(=O)NC(N)=O. The molecule has 27 heavy (non-hydrogen) atoms. The molecule has 0 aromatic heterocycles. The number of esters is 1. The van der Waals surface area contributed by atoms with Crippen LogP contribution < -0.4 is 15.8 Å². The van der Waals surface area contributed by atoms with Crippen LogP contribution in [-0.2, 0) is 16.1 Å². The Morgan fingerprint density at radius 3 is 2.26 bits per heavy atom. The van der Waals surface area contributed by atoms with E-state index in [9.17, 15) is 14.4 Å². The first-order valence-electron chi connectivity index (χ1n) is 8.45. The molecule has 0 unspecified atom stereocenters. The van der Waals surface area contributed by atoms with Gasteiger partial charge in [0.15, 0.2) is 6.10 Å². The van der Waals surface area contributed by atoms with E-state index in [-0.39, 0.29) is 18.1 Å². The van der Waals surface area contributed by atoms with Crippen molar-refractivity contribution in [1.29, 1.82) is 0 Å². The Hall–Kier alpha value is -3.35. The van der Waals surface area contributed by atoms with Crippen molar-refractivity contribution in [3.63, 3.8) is 0 Å². The molecule has 7 heteroatoms. The highest BCUT2D eigenvalue weighted by atomic mass is 16.5. The molecule has 0 saturated heterocycles. The number of urea groups is 1. The quantitative estimate of drug-likeness (QED) is 0.729. The monoisotopic (exact) mass is 370 g/mol. The van der Waals surface area contributed by atoms with Crippen molar-refractivity contribution in [2.75, 3.05) is 0 Å². The van der Waals surface area contributed by atoms with E-state index in [2.05, 4.69) is 0 Å². The molecule has 7 nitrogen and oxygen atoms in total. The van der Waals surface area contributed by atoms with E-state index in [0.717, 1.165) is 0 Å². The number of ether oxygens (including phenoxy) is 2. The first kappa shape index (κ1) is 20.0. The van der Waals surface area contributed by atoms with Crippen LogP contribution >= 0.6 is 0 Å². The minimum Gasteiger partial charge on any atom is -0.489 e. The van der Waals surface area contributed by atoms with Crippen molar-refractivity contribution in [2.24, 2.45) is 11.7 Å². The molecule has 0 bridgehead atoms. The van der Waals surface area contributed by atoms with Crippen molar-refractivity contribution < 1.29 is 23.9 Å². The third-order valence-corrected chi connectivity index (χ3v) is 3.72. The molecule has 0 aliphatic heterocycles. The van der Waals surface area contributed by atoms with Gasteiger partial charge in [0.05, 0.1) is 5.56 Å². The number of amides is 3. The van der Waals surface area contributed by atoms with E-state index in [4.69, 9.17) is 15.2 Å². The van der Waals surface area contributed by atoms with Gasteiger partial charge in [-0.15, -0.1) is 0 Å². The Morgan fingerprint density at radius 1 is 1.00 bits per heavy atom. The zero-order chi connectivity index (χ0) is 19.8. The predicted molar refractivity (Wildman–Crippen MR) is 99.0 cm³/mol. The number of nitrogens with one attached hydrogen (secondary N) is 1. The van der Waals surface area contributed by atoms with Crippen molar-refractivity contribution in [2.45, 2.75) is 26.6 Å². The van der Waals surface area contributed by atoms with Gasteiger partial charge in [-0.2, -0.15) is 0 Å². The topological polar surface area (TPSA) is 108 Å². The summed E-state index contributed by atoms with van der Waals surface area (Å²) >= 11 is 0. The van der Waals surface area contributed by atoms with Gasteiger partial charge in [0.1, 0.15) is 12.4 Å². The average molecular weight is 370 g/mol. The van der Waals surface area contributed by atoms with Crippen LogP contribution in [0.3, 0.4) is 0 Å². The summed E-state index contributed by atoms with van der Waals surface area (Å²) < 4.78 is 11.0. The number of benzene rings is 2. The number of nitrogens with two attached hydrogens (primary N) is 1. The van der Waals surface area contributed by atoms with E-state index in [1.54, 1.807) is 38.1 Å². The lowest BCUT2D eigenvalue weighted by Gasteiger charge is -2.20. The molecular formula is C20H22N2O5. The van der Waals surface area contributed by atoms with Gasteiger partial charge >= 0.3 is 12.0 Å². The summed E-state index contributed by atoms with van der Waals surface area (Å²) in [5.41, 5.74) is 5.86. The van der Waals surface area contributed by atoms with Crippen LogP contribution in [0.4, 0.5) is 4.79 Å². The van der Waals surface area contributed by atoms with Gasteiger partial charge in [0, 0.05) is 5.56 Å². The van der Waals surface area contributed by atoms with Crippen molar-refractivity contribution >= 4 is 17.9 Å². The second kappa shape index (κ2) is 9.38.